The van der Waals surface area contributed by atoms with Gasteiger partial charge in [0.15, 0.2) is 5.96 Å². The van der Waals surface area contributed by atoms with Crippen LogP contribution in [0.2, 0.25) is 0 Å². The lowest BCUT2D eigenvalue weighted by Crippen LogP contribution is -2.44. The smallest absolute Gasteiger partial charge is 0.191 e. The second-order valence-corrected chi connectivity index (χ2v) is 6.08. The Hall–Kier alpha value is -1.000. The number of nitrogens with one attached hydrogen (secondary N) is 2. The van der Waals surface area contributed by atoms with Gasteiger partial charge in [-0.3, -0.25) is 4.99 Å². The van der Waals surface area contributed by atoms with Gasteiger partial charge in [-0.25, -0.2) is 8.78 Å². The molecule has 0 aliphatic carbocycles. The molecular formula is C17H27F2IN4O. The Bertz CT molecular complexity index is 545. The molecule has 2 unspecified atom stereocenters. The lowest BCUT2D eigenvalue weighted by Gasteiger charge is -2.27. The molecule has 1 aromatic rings. The molecular weight excluding hydrogens is 441 g/mol. The Labute approximate surface area is 165 Å². The summed E-state index contributed by atoms with van der Waals surface area (Å²) in [6, 6.07) is 3.47. The van der Waals surface area contributed by atoms with Gasteiger partial charge in [-0.05, 0) is 39.1 Å². The number of guanidine groups is 1. The number of ether oxygens (including phenoxy) is 1. The molecule has 2 atom stereocenters. The van der Waals surface area contributed by atoms with Crippen molar-refractivity contribution in [1.82, 2.24) is 15.5 Å². The Kier molecular flexibility index (Phi) is 9.58. The molecule has 0 saturated carbocycles. The fourth-order valence-electron chi connectivity index (χ4n) is 2.80. The topological polar surface area (TPSA) is 48.9 Å². The average Bonchev–Trinajstić information content (AvgIpc) is 3.05. The SMILES string of the molecule is CN=C(NCC1CCCO1)NCC(c1c(F)cccc1F)N(C)C.I. The van der Waals surface area contributed by atoms with E-state index in [-0.39, 0.29) is 35.6 Å². The van der Waals surface area contributed by atoms with Gasteiger partial charge in [-0.2, -0.15) is 0 Å². The lowest BCUT2D eigenvalue weighted by molar-refractivity contribution is 0.113. The van der Waals surface area contributed by atoms with E-state index >= 15 is 0 Å². The molecule has 2 rings (SSSR count). The summed E-state index contributed by atoms with van der Waals surface area (Å²) in [5.41, 5.74) is 0.0598. The first-order valence-corrected chi connectivity index (χ1v) is 8.19. The lowest BCUT2D eigenvalue weighted by atomic mass is 10.0. The van der Waals surface area contributed by atoms with E-state index in [1.807, 2.05) is 0 Å². The molecule has 1 aliphatic heterocycles. The summed E-state index contributed by atoms with van der Waals surface area (Å²) in [4.78, 5) is 5.93. The van der Waals surface area contributed by atoms with Crippen LogP contribution in [0.15, 0.2) is 23.2 Å². The first-order valence-electron chi connectivity index (χ1n) is 8.19. The zero-order chi connectivity index (χ0) is 17.5. The number of benzene rings is 1. The number of nitrogens with zero attached hydrogens (tertiary/aromatic N) is 2. The molecule has 1 aromatic carbocycles. The number of hydrogen-bond donors (Lipinski definition) is 2. The average molecular weight is 468 g/mol. The number of halogens is 3. The minimum atomic E-state index is -0.544. The van der Waals surface area contributed by atoms with E-state index in [0.29, 0.717) is 19.0 Å². The molecule has 1 fully saturated rings. The van der Waals surface area contributed by atoms with E-state index in [1.54, 1.807) is 26.0 Å². The van der Waals surface area contributed by atoms with Crippen LogP contribution in [0.4, 0.5) is 8.78 Å². The second-order valence-electron chi connectivity index (χ2n) is 6.08. The number of aliphatic imine (C=N–C) groups is 1. The third kappa shape index (κ3) is 6.34. The molecule has 1 aliphatic rings. The van der Waals surface area contributed by atoms with Crippen LogP contribution in [0.1, 0.15) is 24.4 Å². The highest BCUT2D eigenvalue weighted by Gasteiger charge is 2.22. The molecule has 25 heavy (non-hydrogen) atoms. The maximum absolute atomic E-state index is 14.1. The summed E-state index contributed by atoms with van der Waals surface area (Å²) in [6.07, 6.45) is 2.30. The van der Waals surface area contributed by atoms with Gasteiger partial charge < -0.3 is 20.3 Å². The van der Waals surface area contributed by atoms with Crippen LogP contribution in [0.5, 0.6) is 0 Å². The Morgan fingerprint density at radius 1 is 1.32 bits per heavy atom. The normalized spacial score (nSPS) is 18.8. The zero-order valence-electron chi connectivity index (χ0n) is 14.9. The molecule has 0 radical (unpaired) electrons. The van der Waals surface area contributed by atoms with Crippen molar-refractivity contribution >= 4 is 29.9 Å². The Balaban J connectivity index is 0.00000312. The number of rotatable bonds is 6. The third-order valence-corrected chi connectivity index (χ3v) is 4.16. The van der Waals surface area contributed by atoms with Crippen LogP contribution in [0.3, 0.4) is 0 Å². The Morgan fingerprint density at radius 2 is 2.00 bits per heavy atom. The van der Waals surface area contributed by atoms with Crippen molar-refractivity contribution in [3.63, 3.8) is 0 Å². The quantitative estimate of drug-likeness (QED) is 0.383. The van der Waals surface area contributed by atoms with Crippen molar-refractivity contribution < 1.29 is 13.5 Å². The van der Waals surface area contributed by atoms with Crippen molar-refractivity contribution in [1.29, 1.82) is 0 Å². The molecule has 8 heteroatoms. The van der Waals surface area contributed by atoms with Gasteiger partial charge in [0.05, 0.1) is 12.1 Å². The largest absolute Gasteiger partial charge is 0.376 e. The molecule has 142 valence electrons. The summed E-state index contributed by atoms with van der Waals surface area (Å²) in [6.45, 7) is 1.80. The molecule has 0 spiro atoms. The predicted octanol–water partition coefficient (Wildman–Crippen LogP) is 2.53. The molecule has 5 nitrogen and oxygen atoms in total. The van der Waals surface area contributed by atoms with Crippen LogP contribution >= 0.6 is 24.0 Å². The van der Waals surface area contributed by atoms with Crippen molar-refractivity contribution in [2.75, 3.05) is 40.8 Å². The van der Waals surface area contributed by atoms with Gasteiger partial charge in [0.25, 0.3) is 0 Å². The van der Waals surface area contributed by atoms with E-state index in [2.05, 4.69) is 15.6 Å². The first-order chi connectivity index (χ1) is 11.5. The number of likely N-dealkylation sites (N-methyl/N-ethyl adjacent to an activating group) is 1. The minimum absolute atomic E-state index is 0. The van der Waals surface area contributed by atoms with Gasteiger partial charge in [0.1, 0.15) is 11.6 Å². The van der Waals surface area contributed by atoms with Gasteiger partial charge in [-0.15, -0.1) is 24.0 Å². The van der Waals surface area contributed by atoms with Gasteiger partial charge in [0, 0.05) is 32.3 Å². The summed E-state index contributed by atoms with van der Waals surface area (Å²) < 4.78 is 33.7. The highest BCUT2D eigenvalue weighted by molar-refractivity contribution is 14.0. The zero-order valence-corrected chi connectivity index (χ0v) is 17.2. The van der Waals surface area contributed by atoms with E-state index in [9.17, 15) is 8.78 Å². The standard InChI is InChI=1S/C17H26F2N4O.HI/c1-20-17(21-10-12-6-5-9-24-12)22-11-15(23(2)3)16-13(18)7-4-8-14(16)19;/h4,7-8,12,15H,5-6,9-11H2,1-3H3,(H2,20,21,22);1H. The van der Waals surface area contributed by atoms with Crippen LogP contribution in [-0.2, 0) is 4.74 Å². The van der Waals surface area contributed by atoms with Crippen molar-refractivity contribution in [3.05, 3.63) is 35.4 Å². The highest BCUT2D eigenvalue weighted by atomic mass is 127. The summed E-state index contributed by atoms with van der Waals surface area (Å²) >= 11 is 0. The van der Waals surface area contributed by atoms with Crippen molar-refractivity contribution in [2.45, 2.75) is 25.0 Å². The maximum atomic E-state index is 14.1. The third-order valence-electron chi connectivity index (χ3n) is 4.16. The van der Waals surface area contributed by atoms with Gasteiger partial charge >= 0.3 is 0 Å². The van der Waals surface area contributed by atoms with E-state index in [0.717, 1.165) is 19.4 Å². The van der Waals surface area contributed by atoms with Crippen LogP contribution < -0.4 is 10.6 Å². The minimum Gasteiger partial charge on any atom is -0.376 e. The Morgan fingerprint density at radius 3 is 2.52 bits per heavy atom. The van der Waals surface area contributed by atoms with Crippen LogP contribution in [-0.4, -0.2) is 57.8 Å². The molecule has 0 aromatic heterocycles. The molecule has 1 heterocycles. The molecule has 0 bridgehead atoms. The summed E-state index contributed by atoms with van der Waals surface area (Å²) in [7, 11) is 5.25. The fraction of sp³-hybridized carbons (Fsp3) is 0.588. The maximum Gasteiger partial charge on any atom is 0.191 e. The number of hydrogen-bond acceptors (Lipinski definition) is 3. The van der Waals surface area contributed by atoms with Gasteiger partial charge in [0.2, 0.25) is 0 Å². The monoisotopic (exact) mass is 468 g/mol. The fourth-order valence-corrected chi connectivity index (χ4v) is 2.80. The van der Waals surface area contributed by atoms with E-state index in [4.69, 9.17) is 4.74 Å². The first kappa shape index (κ1) is 22.0. The van der Waals surface area contributed by atoms with Crippen molar-refractivity contribution in [2.24, 2.45) is 4.99 Å². The van der Waals surface area contributed by atoms with Crippen LogP contribution in [0.25, 0.3) is 0 Å². The molecule has 0 amide bonds. The highest BCUT2D eigenvalue weighted by Crippen LogP contribution is 2.23. The predicted molar refractivity (Wildman–Crippen MR) is 107 cm³/mol. The van der Waals surface area contributed by atoms with Crippen LogP contribution in [0, 0.1) is 11.6 Å². The van der Waals surface area contributed by atoms with E-state index < -0.39 is 17.7 Å². The summed E-state index contributed by atoms with van der Waals surface area (Å²) in [5, 5.41) is 6.33. The van der Waals surface area contributed by atoms with E-state index in [1.165, 1.54) is 18.2 Å². The summed E-state index contributed by atoms with van der Waals surface area (Å²) in [5.74, 6) is -0.496. The molecule has 2 N–H and O–H groups in total. The molecule has 1 saturated heterocycles. The van der Waals surface area contributed by atoms with Gasteiger partial charge in [-0.1, -0.05) is 6.07 Å². The second kappa shape index (κ2) is 10.9. The van der Waals surface area contributed by atoms with Crippen molar-refractivity contribution in [3.8, 4) is 0 Å².